The Bertz CT molecular complexity index is 1010. The number of aromatic nitrogens is 2. The lowest BCUT2D eigenvalue weighted by Gasteiger charge is -2.34. The molecule has 3 heterocycles. The molecule has 152 valence electrons. The van der Waals surface area contributed by atoms with Crippen LogP contribution in [-0.2, 0) is 0 Å². The molecule has 6 nitrogen and oxygen atoms in total. The van der Waals surface area contributed by atoms with E-state index < -0.39 is 0 Å². The summed E-state index contributed by atoms with van der Waals surface area (Å²) in [6, 6.07) is 11.7. The van der Waals surface area contributed by atoms with Gasteiger partial charge in [0.25, 0.3) is 5.91 Å². The molecule has 29 heavy (non-hydrogen) atoms. The minimum atomic E-state index is 0.000234. The van der Waals surface area contributed by atoms with Crippen LogP contribution in [-0.4, -0.2) is 83.4 Å². The number of rotatable bonds is 5. The third kappa shape index (κ3) is 4.45. The molecule has 3 aromatic rings. The van der Waals surface area contributed by atoms with Gasteiger partial charge in [-0.15, -0.1) is 0 Å². The molecule has 1 aliphatic heterocycles. The van der Waals surface area contributed by atoms with Gasteiger partial charge in [-0.3, -0.25) is 9.69 Å². The zero-order valence-electron chi connectivity index (χ0n) is 16.9. The summed E-state index contributed by atoms with van der Waals surface area (Å²) in [6.45, 7) is 5.37. The Labute approximate surface area is 176 Å². The predicted octanol–water partition coefficient (Wildman–Crippen LogP) is 2.97. The van der Waals surface area contributed by atoms with E-state index in [0.717, 1.165) is 56.0 Å². The number of hydrogen-bond acceptors (Lipinski definition) is 4. The fourth-order valence-electron chi connectivity index (χ4n) is 3.63. The van der Waals surface area contributed by atoms with Gasteiger partial charge >= 0.3 is 0 Å². The number of carbonyl (C=O) groups excluding carboxylic acids is 1. The molecule has 1 aliphatic rings. The van der Waals surface area contributed by atoms with Crippen LogP contribution in [0.4, 0.5) is 0 Å². The number of fused-ring (bicyclic) bond motifs is 1. The Morgan fingerprint density at radius 1 is 1.07 bits per heavy atom. The molecule has 0 bridgehead atoms. The molecule has 1 aromatic carbocycles. The number of piperazine rings is 1. The van der Waals surface area contributed by atoms with Crippen LogP contribution < -0.4 is 0 Å². The molecule has 7 heteroatoms. The van der Waals surface area contributed by atoms with Gasteiger partial charge in [0.1, 0.15) is 11.3 Å². The molecule has 2 aromatic heterocycles. The number of amides is 1. The first kappa shape index (κ1) is 19.9. The van der Waals surface area contributed by atoms with Crippen molar-refractivity contribution in [2.45, 2.75) is 0 Å². The van der Waals surface area contributed by atoms with Crippen molar-refractivity contribution >= 4 is 23.2 Å². The molecule has 0 atom stereocenters. The second-order valence-corrected chi connectivity index (χ2v) is 8.13. The maximum Gasteiger partial charge on any atom is 0.274 e. The maximum atomic E-state index is 13.0. The zero-order valence-corrected chi connectivity index (χ0v) is 17.6. The van der Waals surface area contributed by atoms with Crippen LogP contribution in [0.1, 0.15) is 10.5 Å². The molecule has 1 saturated heterocycles. The number of nitrogens with zero attached hydrogens (tertiary/aromatic N) is 5. The highest BCUT2D eigenvalue weighted by Gasteiger charge is 2.24. The lowest BCUT2D eigenvalue weighted by molar-refractivity contribution is 0.0624. The summed E-state index contributed by atoms with van der Waals surface area (Å²) in [4.78, 5) is 24.0. The number of carbonyl (C=O) groups is 1. The third-order valence-electron chi connectivity index (χ3n) is 5.38. The summed E-state index contributed by atoms with van der Waals surface area (Å²) in [5, 5.41) is 0.704. The molecule has 0 radical (unpaired) electrons. The number of hydrogen-bond donors (Lipinski definition) is 0. The first-order valence-corrected chi connectivity index (χ1v) is 10.3. The van der Waals surface area contributed by atoms with E-state index in [-0.39, 0.29) is 5.91 Å². The van der Waals surface area contributed by atoms with E-state index in [4.69, 9.17) is 11.6 Å². The molecular formula is C22H26ClN5O. The number of likely N-dealkylation sites (N-methyl/N-ethyl adjacent to an activating group) is 1. The Balaban J connectivity index is 1.47. The van der Waals surface area contributed by atoms with Crippen LogP contribution in [0.5, 0.6) is 0 Å². The van der Waals surface area contributed by atoms with E-state index in [1.54, 1.807) is 0 Å². The van der Waals surface area contributed by atoms with Gasteiger partial charge in [0.15, 0.2) is 0 Å². The summed E-state index contributed by atoms with van der Waals surface area (Å²) in [6.07, 6.45) is 3.79. The number of halogens is 1. The van der Waals surface area contributed by atoms with Crippen molar-refractivity contribution in [3.63, 3.8) is 0 Å². The Hall–Kier alpha value is -2.41. The number of benzene rings is 1. The highest BCUT2D eigenvalue weighted by molar-refractivity contribution is 6.33. The molecule has 0 spiro atoms. The van der Waals surface area contributed by atoms with E-state index in [1.807, 2.05) is 58.1 Å². The first-order valence-electron chi connectivity index (χ1n) is 9.91. The maximum absolute atomic E-state index is 13.0. The Morgan fingerprint density at radius 3 is 2.55 bits per heavy atom. The van der Waals surface area contributed by atoms with Gasteiger partial charge in [-0.2, -0.15) is 0 Å². The average Bonchev–Trinajstić information content (AvgIpc) is 3.16. The molecule has 1 fully saturated rings. The molecule has 0 saturated carbocycles. The van der Waals surface area contributed by atoms with Gasteiger partial charge in [0.2, 0.25) is 0 Å². The fourth-order valence-corrected chi connectivity index (χ4v) is 3.87. The van der Waals surface area contributed by atoms with Crippen molar-refractivity contribution in [2.75, 3.05) is 53.4 Å². The largest absolute Gasteiger partial charge is 0.335 e. The van der Waals surface area contributed by atoms with Crippen molar-refractivity contribution in [2.24, 2.45) is 0 Å². The highest BCUT2D eigenvalue weighted by atomic mass is 35.5. The van der Waals surface area contributed by atoms with Crippen molar-refractivity contribution in [1.82, 2.24) is 24.1 Å². The Kier molecular flexibility index (Phi) is 5.85. The minimum absolute atomic E-state index is 0.000234. The zero-order chi connectivity index (χ0) is 20.4. The van der Waals surface area contributed by atoms with E-state index in [9.17, 15) is 4.79 Å². The summed E-state index contributed by atoms with van der Waals surface area (Å²) in [5.74, 6) is 0.000234. The van der Waals surface area contributed by atoms with Gasteiger partial charge in [-0.25, -0.2) is 4.98 Å². The van der Waals surface area contributed by atoms with Gasteiger partial charge in [-0.05, 0) is 37.9 Å². The van der Waals surface area contributed by atoms with E-state index in [2.05, 4.69) is 28.9 Å². The van der Waals surface area contributed by atoms with Gasteiger partial charge in [-0.1, -0.05) is 29.8 Å². The normalized spacial score (nSPS) is 15.4. The molecule has 1 amide bonds. The quantitative estimate of drug-likeness (QED) is 0.647. The number of pyridine rings is 1. The van der Waals surface area contributed by atoms with Crippen LogP contribution in [0.3, 0.4) is 0 Å². The van der Waals surface area contributed by atoms with Crippen molar-refractivity contribution in [1.29, 1.82) is 0 Å². The van der Waals surface area contributed by atoms with Crippen molar-refractivity contribution in [3.05, 3.63) is 59.5 Å². The summed E-state index contributed by atoms with van der Waals surface area (Å²) in [5.41, 5.74) is 3.21. The molecule has 0 N–H and O–H groups in total. The minimum Gasteiger partial charge on any atom is -0.335 e. The Morgan fingerprint density at radius 2 is 1.83 bits per heavy atom. The van der Waals surface area contributed by atoms with E-state index in [1.165, 1.54) is 0 Å². The lowest BCUT2D eigenvalue weighted by atomic mass is 10.1. The molecule has 0 aliphatic carbocycles. The van der Waals surface area contributed by atoms with Crippen molar-refractivity contribution < 1.29 is 4.79 Å². The molecule has 4 rings (SSSR count). The van der Waals surface area contributed by atoms with E-state index >= 15 is 0 Å². The SMILES string of the molecule is CN(C)CCN1CCN(C(=O)c2cn3cc(-c4ccccc4Cl)ccc3n2)CC1. The smallest absolute Gasteiger partial charge is 0.274 e. The van der Waals surface area contributed by atoms with Gasteiger partial charge in [0, 0.05) is 62.2 Å². The molecular weight excluding hydrogens is 386 g/mol. The summed E-state index contributed by atoms with van der Waals surface area (Å²) >= 11 is 6.33. The third-order valence-corrected chi connectivity index (χ3v) is 5.71. The van der Waals surface area contributed by atoms with Crippen LogP contribution in [0.15, 0.2) is 48.8 Å². The highest BCUT2D eigenvalue weighted by Crippen LogP contribution is 2.27. The lowest BCUT2D eigenvalue weighted by Crippen LogP contribution is -2.50. The average molecular weight is 412 g/mol. The van der Waals surface area contributed by atoms with Crippen LogP contribution in [0.25, 0.3) is 16.8 Å². The summed E-state index contributed by atoms with van der Waals surface area (Å²) < 4.78 is 1.90. The first-order chi connectivity index (χ1) is 14.0. The van der Waals surface area contributed by atoms with Crippen LogP contribution >= 0.6 is 11.6 Å². The fraction of sp³-hybridized carbons (Fsp3) is 0.364. The van der Waals surface area contributed by atoms with E-state index in [0.29, 0.717) is 10.7 Å². The van der Waals surface area contributed by atoms with Crippen LogP contribution in [0.2, 0.25) is 5.02 Å². The standard InChI is InChI=1S/C22H26ClN5O/c1-25(2)9-10-26-11-13-27(14-12-26)22(29)20-16-28-15-17(7-8-21(28)24-20)18-5-3-4-6-19(18)23/h3-8,15-16H,9-14H2,1-2H3. The van der Waals surface area contributed by atoms with Crippen molar-refractivity contribution in [3.8, 4) is 11.1 Å². The second kappa shape index (κ2) is 8.53. The predicted molar refractivity (Wildman–Crippen MR) is 117 cm³/mol. The topological polar surface area (TPSA) is 44.1 Å². The summed E-state index contributed by atoms with van der Waals surface area (Å²) in [7, 11) is 4.17. The second-order valence-electron chi connectivity index (χ2n) is 7.73. The monoisotopic (exact) mass is 411 g/mol. The van der Waals surface area contributed by atoms with Gasteiger partial charge < -0.3 is 14.2 Å². The number of imidazole rings is 1. The van der Waals surface area contributed by atoms with Crippen LogP contribution in [0, 0.1) is 0 Å². The molecule has 0 unspecified atom stereocenters. The van der Waals surface area contributed by atoms with Gasteiger partial charge in [0.05, 0.1) is 0 Å².